The maximum absolute atomic E-state index is 14.4. The summed E-state index contributed by atoms with van der Waals surface area (Å²) in [5, 5.41) is 0.408. The van der Waals surface area contributed by atoms with Crippen LogP contribution in [-0.4, -0.2) is 32.6 Å². The van der Waals surface area contributed by atoms with Crippen molar-refractivity contribution >= 4 is 54.8 Å². The molecule has 1 amide bonds. The highest BCUT2D eigenvalue weighted by molar-refractivity contribution is 7.92. The first-order valence-corrected chi connectivity index (χ1v) is 12.8. The lowest BCUT2D eigenvalue weighted by atomic mass is 10.2. The first-order valence-electron chi connectivity index (χ1n) is 10.1. The minimum absolute atomic E-state index is 0.0334. The Bertz CT molecular complexity index is 1570. The third kappa shape index (κ3) is 5.59. The second-order valence-corrected chi connectivity index (χ2v) is 10.4. The quantitative estimate of drug-likeness (QED) is 0.366. The van der Waals surface area contributed by atoms with Gasteiger partial charge in [0.05, 0.1) is 21.7 Å². The van der Waals surface area contributed by atoms with Gasteiger partial charge in [0.15, 0.2) is 10.6 Å². The molecule has 0 unspecified atom stereocenters. The van der Waals surface area contributed by atoms with Gasteiger partial charge in [0, 0.05) is 36.0 Å². The molecule has 3 aromatic carbocycles. The van der Waals surface area contributed by atoms with Gasteiger partial charge in [-0.3, -0.25) is 9.52 Å². The number of fused-ring (bicyclic) bond motifs is 1. The second kappa shape index (κ2) is 10.2. The number of carbonyl (C=O) groups is 1. The Hall–Kier alpha value is -3.12. The molecule has 0 atom stereocenters. The van der Waals surface area contributed by atoms with E-state index in [1.165, 1.54) is 66.3 Å². The summed E-state index contributed by atoms with van der Waals surface area (Å²) in [4.78, 5) is 17.1. The molecular weight excluding hydrogens is 520 g/mol. The predicted molar refractivity (Wildman–Crippen MR) is 130 cm³/mol. The number of ether oxygens (including phenoxy) is 1. The highest BCUT2D eigenvalue weighted by atomic mass is 35.5. The number of methoxy groups -OCH3 is 1. The molecule has 35 heavy (non-hydrogen) atoms. The molecule has 4 rings (SSSR count). The van der Waals surface area contributed by atoms with Crippen LogP contribution >= 0.6 is 22.9 Å². The molecule has 0 saturated heterocycles. The molecular formula is C23H18ClF2N3O4S2. The van der Waals surface area contributed by atoms with Gasteiger partial charge in [-0.1, -0.05) is 22.9 Å². The maximum atomic E-state index is 14.4. The van der Waals surface area contributed by atoms with Gasteiger partial charge in [0.2, 0.25) is 0 Å². The van der Waals surface area contributed by atoms with Gasteiger partial charge >= 0.3 is 0 Å². The topological polar surface area (TPSA) is 89.8 Å². The Morgan fingerprint density at radius 1 is 1.11 bits per heavy atom. The minimum atomic E-state index is -3.85. The minimum Gasteiger partial charge on any atom is -0.383 e. The number of nitrogens with one attached hydrogen (secondary N) is 1. The largest absolute Gasteiger partial charge is 0.383 e. The number of hydrogen-bond donors (Lipinski definition) is 1. The van der Waals surface area contributed by atoms with Crippen LogP contribution in [0.15, 0.2) is 70.6 Å². The van der Waals surface area contributed by atoms with Crippen LogP contribution in [0.4, 0.5) is 14.5 Å². The van der Waals surface area contributed by atoms with E-state index in [0.717, 1.165) is 17.4 Å². The maximum Gasteiger partial charge on any atom is 0.279 e. The Labute approximate surface area is 208 Å². The van der Waals surface area contributed by atoms with Crippen LogP contribution in [0.25, 0.3) is 10.2 Å². The van der Waals surface area contributed by atoms with Crippen molar-refractivity contribution in [3.8, 4) is 0 Å². The monoisotopic (exact) mass is 537 g/mol. The molecule has 0 fully saturated rings. The fraction of sp³-hybridized carbons (Fsp3) is 0.130. The summed E-state index contributed by atoms with van der Waals surface area (Å²) in [6.45, 7) is 0.434. The van der Waals surface area contributed by atoms with Crippen molar-refractivity contribution in [2.75, 3.05) is 18.4 Å². The van der Waals surface area contributed by atoms with E-state index in [1.807, 2.05) is 0 Å². The van der Waals surface area contributed by atoms with Crippen LogP contribution in [0, 0.1) is 11.6 Å². The van der Waals surface area contributed by atoms with E-state index < -0.39 is 27.6 Å². The predicted octanol–water partition coefficient (Wildman–Crippen LogP) is 4.82. The van der Waals surface area contributed by atoms with Gasteiger partial charge < -0.3 is 9.30 Å². The average molecular weight is 538 g/mol. The zero-order valence-corrected chi connectivity index (χ0v) is 20.6. The Morgan fingerprint density at radius 2 is 1.80 bits per heavy atom. The summed E-state index contributed by atoms with van der Waals surface area (Å²) in [6.07, 6.45) is 0. The lowest BCUT2D eigenvalue weighted by Gasteiger charge is -2.08. The van der Waals surface area contributed by atoms with Gasteiger partial charge in [-0.25, -0.2) is 17.2 Å². The molecule has 0 spiro atoms. The SMILES string of the molecule is COCCn1c(=NC(=O)c2ccc(NS(=O)(=O)c3ccc(Cl)cc3)cc2)sc2cc(F)cc(F)c21. The zero-order chi connectivity index (χ0) is 25.2. The number of halogens is 3. The van der Waals surface area contributed by atoms with Gasteiger partial charge in [-0.15, -0.1) is 0 Å². The standard InChI is InChI=1S/C23H18ClF2N3O4S2/c1-33-11-10-29-21-19(26)12-16(25)13-20(21)34-23(29)27-22(30)14-2-6-17(7-3-14)28-35(31,32)18-8-4-15(24)5-9-18/h2-9,12-13,28H,10-11H2,1H3. The number of thiazole rings is 1. The number of sulfonamides is 1. The summed E-state index contributed by atoms with van der Waals surface area (Å²) in [5.74, 6) is -2.13. The van der Waals surface area contributed by atoms with Crippen molar-refractivity contribution in [3.05, 3.63) is 87.7 Å². The summed E-state index contributed by atoms with van der Waals surface area (Å²) in [7, 11) is -2.36. The smallest absolute Gasteiger partial charge is 0.279 e. The lowest BCUT2D eigenvalue weighted by Crippen LogP contribution is -2.20. The van der Waals surface area contributed by atoms with Gasteiger partial charge in [-0.2, -0.15) is 4.99 Å². The molecule has 182 valence electrons. The van der Waals surface area contributed by atoms with E-state index >= 15 is 0 Å². The number of benzene rings is 3. The molecule has 0 bridgehead atoms. The van der Waals surface area contributed by atoms with Crippen molar-refractivity contribution in [1.82, 2.24) is 4.57 Å². The van der Waals surface area contributed by atoms with Crippen molar-refractivity contribution in [2.45, 2.75) is 11.4 Å². The molecule has 0 aliphatic heterocycles. The summed E-state index contributed by atoms with van der Waals surface area (Å²) in [6, 6.07) is 13.3. The van der Waals surface area contributed by atoms with Gasteiger partial charge in [-0.05, 0) is 54.6 Å². The summed E-state index contributed by atoms with van der Waals surface area (Å²) in [5.41, 5.74) is 0.555. The number of aromatic nitrogens is 1. The van der Waals surface area contributed by atoms with Crippen molar-refractivity contribution < 1.29 is 26.7 Å². The first-order chi connectivity index (χ1) is 16.7. The van der Waals surface area contributed by atoms with Crippen molar-refractivity contribution in [2.24, 2.45) is 4.99 Å². The van der Waals surface area contributed by atoms with Crippen molar-refractivity contribution in [3.63, 3.8) is 0 Å². The molecule has 1 N–H and O–H groups in total. The number of amides is 1. The van der Waals surface area contributed by atoms with Crippen LogP contribution in [0.1, 0.15) is 10.4 Å². The molecule has 0 radical (unpaired) electrons. The molecule has 0 aliphatic rings. The first kappa shape index (κ1) is 25.0. The molecule has 12 heteroatoms. The van der Waals surface area contributed by atoms with E-state index in [2.05, 4.69) is 9.71 Å². The Kier molecular flexibility index (Phi) is 7.31. The molecule has 7 nitrogen and oxygen atoms in total. The normalized spacial score (nSPS) is 12.3. The fourth-order valence-corrected chi connectivity index (χ4v) is 5.54. The molecule has 0 aliphatic carbocycles. The van der Waals surface area contributed by atoms with E-state index in [-0.39, 0.29) is 39.6 Å². The highest BCUT2D eigenvalue weighted by Crippen LogP contribution is 2.23. The van der Waals surface area contributed by atoms with Gasteiger partial charge in [0.25, 0.3) is 15.9 Å². The summed E-state index contributed by atoms with van der Waals surface area (Å²) >= 11 is 6.78. The van der Waals surface area contributed by atoms with E-state index in [0.29, 0.717) is 9.72 Å². The van der Waals surface area contributed by atoms with Crippen LogP contribution in [-0.2, 0) is 21.3 Å². The molecule has 0 saturated carbocycles. The Morgan fingerprint density at radius 3 is 2.46 bits per heavy atom. The van der Waals surface area contributed by atoms with E-state index in [1.54, 1.807) is 0 Å². The molecule has 1 aromatic heterocycles. The zero-order valence-electron chi connectivity index (χ0n) is 18.2. The second-order valence-electron chi connectivity index (χ2n) is 7.32. The number of carbonyl (C=O) groups excluding carboxylic acids is 1. The van der Waals surface area contributed by atoms with E-state index in [4.69, 9.17) is 16.3 Å². The molecule has 1 heterocycles. The third-order valence-corrected chi connectivity index (χ3v) is 7.59. The van der Waals surface area contributed by atoms with Crippen LogP contribution in [0.5, 0.6) is 0 Å². The van der Waals surface area contributed by atoms with Gasteiger partial charge in [0.1, 0.15) is 5.82 Å². The van der Waals surface area contributed by atoms with Crippen LogP contribution in [0.3, 0.4) is 0 Å². The van der Waals surface area contributed by atoms with Crippen molar-refractivity contribution in [1.29, 1.82) is 0 Å². The Balaban J connectivity index is 1.62. The number of nitrogens with zero attached hydrogens (tertiary/aromatic N) is 2. The summed E-state index contributed by atoms with van der Waals surface area (Å²) < 4.78 is 62.4. The van der Waals surface area contributed by atoms with Crippen LogP contribution in [0.2, 0.25) is 5.02 Å². The third-order valence-electron chi connectivity index (χ3n) is 4.92. The van der Waals surface area contributed by atoms with Crippen LogP contribution < -0.4 is 9.52 Å². The lowest BCUT2D eigenvalue weighted by molar-refractivity contribution is 0.0997. The fourth-order valence-electron chi connectivity index (χ4n) is 3.26. The number of hydrogen-bond acceptors (Lipinski definition) is 5. The number of anilines is 1. The number of rotatable bonds is 7. The average Bonchev–Trinajstić information content (AvgIpc) is 3.14. The molecule has 4 aromatic rings. The highest BCUT2D eigenvalue weighted by Gasteiger charge is 2.16. The van der Waals surface area contributed by atoms with E-state index in [9.17, 15) is 22.0 Å².